The Morgan fingerprint density at radius 2 is 2.07 bits per heavy atom. The van der Waals surface area contributed by atoms with Crippen molar-refractivity contribution >= 4 is 11.6 Å². The van der Waals surface area contributed by atoms with E-state index in [1.807, 2.05) is 28.9 Å². The fourth-order valence-corrected chi connectivity index (χ4v) is 1.78. The molecule has 0 bridgehead atoms. The number of nitrogens with zero attached hydrogens (tertiary/aromatic N) is 3. The van der Waals surface area contributed by atoms with Crippen molar-refractivity contribution in [2.75, 3.05) is 0 Å². The van der Waals surface area contributed by atoms with Gasteiger partial charge in [0.05, 0.1) is 11.1 Å². The van der Waals surface area contributed by atoms with Crippen LogP contribution in [0.4, 0.5) is 0 Å². The van der Waals surface area contributed by atoms with Crippen molar-refractivity contribution in [2.24, 2.45) is 0 Å². The lowest BCUT2D eigenvalue weighted by Crippen LogP contribution is -1.93. The van der Waals surface area contributed by atoms with Gasteiger partial charge in [0.15, 0.2) is 5.82 Å². The minimum absolute atomic E-state index is 0.564. The van der Waals surface area contributed by atoms with Gasteiger partial charge in [-0.05, 0) is 25.0 Å². The topological polar surface area (TPSA) is 30.7 Å². The monoisotopic (exact) mass is 219 g/mol. The number of hydrogen-bond acceptors (Lipinski definition) is 2. The molecule has 1 fully saturated rings. The van der Waals surface area contributed by atoms with Gasteiger partial charge in [0.1, 0.15) is 6.33 Å². The van der Waals surface area contributed by atoms with Crippen molar-refractivity contribution in [3.8, 4) is 11.4 Å². The average molecular weight is 220 g/mol. The molecular formula is C11H10ClN3. The summed E-state index contributed by atoms with van der Waals surface area (Å²) >= 11 is 6.07. The molecule has 0 radical (unpaired) electrons. The van der Waals surface area contributed by atoms with Crippen molar-refractivity contribution in [1.82, 2.24) is 14.8 Å². The van der Waals surface area contributed by atoms with Crippen molar-refractivity contribution in [2.45, 2.75) is 18.9 Å². The summed E-state index contributed by atoms with van der Waals surface area (Å²) in [6.45, 7) is 0. The fraction of sp³-hybridized carbons (Fsp3) is 0.273. The van der Waals surface area contributed by atoms with Crippen molar-refractivity contribution in [3.63, 3.8) is 0 Å². The Hall–Kier alpha value is -1.35. The quantitative estimate of drug-likeness (QED) is 0.778. The standard InChI is InChI=1S/C11H10ClN3/c12-10-4-2-1-3-9(10)11-13-7-15(14-11)8-5-6-8/h1-4,7-8H,5-6H2. The number of benzene rings is 1. The zero-order valence-corrected chi connectivity index (χ0v) is 8.85. The Labute approximate surface area is 92.7 Å². The summed E-state index contributed by atoms with van der Waals surface area (Å²) < 4.78 is 1.93. The molecule has 1 aromatic carbocycles. The summed E-state index contributed by atoms with van der Waals surface area (Å²) in [6.07, 6.45) is 4.22. The number of hydrogen-bond donors (Lipinski definition) is 0. The van der Waals surface area contributed by atoms with Crippen molar-refractivity contribution in [3.05, 3.63) is 35.6 Å². The van der Waals surface area contributed by atoms with E-state index in [1.165, 1.54) is 12.8 Å². The van der Waals surface area contributed by atoms with Gasteiger partial charge in [-0.1, -0.05) is 23.7 Å². The smallest absolute Gasteiger partial charge is 0.182 e. The zero-order chi connectivity index (χ0) is 10.3. The third kappa shape index (κ3) is 1.63. The molecule has 2 aromatic rings. The molecule has 76 valence electrons. The molecule has 3 nitrogen and oxygen atoms in total. The van der Waals surface area contributed by atoms with E-state index < -0.39 is 0 Å². The molecule has 0 saturated heterocycles. The summed E-state index contributed by atoms with van der Waals surface area (Å²) in [5.41, 5.74) is 0.901. The van der Waals surface area contributed by atoms with Crippen molar-refractivity contribution < 1.29 is 0 Å². The average Bonchev–Trinajstić information content (AvgIpc) is 2.99. The maximum atomic E-state index is 6.07. The Balaban J connectivity index is 2.01. The van der Waals surface area contributed by atoms with Gasteiger partial charge in [-0.25, -0.2) is 9.67 Å². The molecule has 0 atom stereocenters. The lowest BCUT2D eigenvalue weighted by Gasteiger charge is -1.98. The predicted molar refractivity (Wildman–Crippen MR) is 58.7 cm³/mol. The van der Waals surface area contributed by atoms with Gasteiger partial charge in [0, 0.05) is 5.56 Å². The molecule has 0 N–H and O–H groups in total. The number of rotatable bonds is 2. The summed E-state index contributed by atoms with van der Waals surface area (Å²) in [7, 11) is 0. The van der Waals surface area contributed by atoms with Gasteiger partial charge in [-0.3, -0.25) is 0 Å². The summed E-state index contributed by atoms with van der Waals surface area (Å²) in [5, 5.41) is 5.12. The summed E-state index contributed by atoms with van der Waals surface area (Å²) in [6, 6.07) is 8.21. The molecule has 1 aromatic heterocycles. The Morgan fingerprint density at radius 1 is 1.27 bits per heavy atom. The van der Waals surface area contributed by atoms with E-state index in [0.29, 0.717) is 16.9 Å². The van der Waals surface area contributed by atoms with Gasteiger partial charge in [-0.15, -0.1) is 0 Å². The van der Waals surface area contributed by atoms with Gasteiger partial charge in [-0.2, -0.15) is 5.10 Å². The molecule has 4 heteroatoms. The lowest BCUT2D eigenvalue weighted by atomic mass is 10.2. The first-order valence-corrected chi connectivity index (χ1v) is 5.38. The van der Waals surface area contributed by atoms with E-state index in [9.17, 15) is 0 Å². The maximum Gasteiger partial charge on any atom is 0.182 e. The highest BCUT2D eigenvalue weighted by molar-refractivity contribution is 6.33. The largest absolute Gasteiger partial charge is 0.249 e. The molecule has 3 rings (SSSR count). The molecule has 1 aliphatic carbocycles. The molecule has 0 spiro atoms. The Bertz CT molecular complexity index is 488. The molecule has 0 unspecified atom stereocenters. The fourth-order valence-electron chi connectivity index (χ4n) is 1.56. The lowest BCUT2D eigenvalue weighted by molar-refractivity contribution is 0.641. The molecule has 0 amide bonds. The molecule has 15 heavy (non-hydrogen) atoms. The van der Waals surface area contributed by atoms with Crippen LogP contribution in [0.1, 0.15) is 18.9 Å². The van der Waals surface area contributed by atoms with E-state index in [0.717, 1.165) is 5.56 Å². The second-order valence-electron chi connectivity index (χ2n) is 3.76. The summed E-state index contributed by atoms with van der Waals surface area (Å²) in [4.78, 5) is 4.28. The van der Waals surface area contributed by atoms with E-state index in [1.54, 1.807) is 6.33 Å². The highest BCUT2D eigenvalue weighted by Gasteiger charge is 2.25. The third-order valence-electron chi connectivity index (χ3n) is 2.54. The van der Waals surface area contributed by atoms with Crippen LogP contribution in [0.25, 0.3) is 11.4 Å². The van der Waals surface area contributed by atoms with E-state index in [4.69, 9.17) is 11.6 Å². The van der Waals surface area contributed by atoms with Gasteiger partial charge >= 0.3 is 0 Å². The van der Waals surface area contributed by atoms with Crippen molar-refractivity contribution in [1.29, 1.82) is 0 Å². The van der Waals surface area contributed by atoms with Crippen LogP contribution in [0.5, 0.6) is 0 Å². The van der Waals surface area contributed by atoms with Crippen LogP contribution < -0.4 is 0 Å². The second-order valence-corrected chi connectivity index (χ2v) is 4.17. The third-order valence-corrected chi connectivity index (χ3v) is 2.87. The minimum Gasteiger partial charge on any atom is -0.249 e. The predicted octanol–water partition coefficient (Wildman–Crippen LogP) is 2.93. The molecule has 0 aliphatic heterocycles. The van der Waals surface area contributed by atoms with E-state index >= 15 is 0 Å². The number of halogens is 1. The first-order chi connectivity index (χ1) is 7.34. The first-order valence-electron chi connectivity index (χ1n) is 5.00. The van der Waals surface area contributed by atoms with Crippen LogP contribution >= 0.6 is 11.6 Å². The molecule has 1 aliphatic rings. The van der Waals surface area contributed by atoms with E-state index in [-0.39, 0.29) is 0 Å². The first kappa shape index (κ1) is 8.92. The number of aromatic nitrogens is 3. The van der Waals surface area contributed by atoms with Gasteiger partial charge in [0.2, 0.25) is 0 Å². The highest BCUT2D eigenvalue weighted by Crippen LogP contribution is 2.34. The Morgan fingerprint density at radius 3 is 2.80 bits per heavy atom. The molecule has 1 saturated carbocycles. The summed E-state index contributed by atoms with van der Waals surface area (Å²) in [5.74, 6) is 0.715. The van der Waals surface area contributed by atoms with Crippen LogP contribution in [0, 0.1) is 0 Å². The second kappa shape index (κ2) is 3.35. The van der Waals surface area contributed by atoms with Gasteiger partial charge < -0.3 is 0 Å². The Kier molecular flexibility index (Phi) is 1.99. The van der Waals surface area contributed by atoms with Crippen LogP contribution in [0.3, 0.4) is 0 Å². The molecule has 1 heterocycles. The van der Waals surface area contributed by atoms with Crippen LogP contribution in [0.2, 0.25) is 5.02 Å². The van der Waals surface area contributed by atoms with Gasteiger partial charge in [0.25, 0.3) is 0 Å². The van der Waals surface area contributed by atoms with E-state index in [2.05, 4.69) is 10.1 Å². The minimum atomic E-state index is 0.564. The maximum absolute atomic E-state index is 6.07. The zero-order valence-electron chi connectivity index (χ0n) is 8.10. The normalized spacial score (nSPS) is 15.5. The van der Waals surface area contributed by atoms with Crippen LogP contribution in [-0.2, 0) is 0 Å². The van der Waals surface area contributed by atoms with Crippen LogP contribution in [0.15, 0.2) is 30.6 Å². The highest BCUT2D eigenvalue weighted by atomic mass is 35.5. The SMILES string of the molecule is Clc1ccccc1-c1ncn(C2CC2)n1. The van der Waals surface area contributed by atoms with Crippen LogP contribution in [-0.4, -0.2) is 14.8 Å². The molecular weight excluding hydrogens is 210 g/mol.